The molecule has 0 bridgehead atoms. The number of methoxy groups -OCH3 is 1. The first-order valence-electron chi connectivity index (χ1n) is 10.1. The predicted octanol–water partition coefficient (Wildman–Crippen LogP) is 1.81. The molecule has 0 aromatic heterocycles. The first kappa shape index (κ1) is 19.0. The zero-order chi connectivity index (χ0) is 18.6. The quantitative estimate of drug-likeness (QED) is 0.845. The van der Waals surface area contributed by atoms with Gasteiger partial charge in [-0.1, -0.05) is 12.1 Å². The molecule has 4 rings (SSSR count). The first-order valence-corrected chi connectivity index (χ1v) is 10.1. The van der Waals surface area contributed by atoms with E-state index < -0.39 is 6.10 Å². The first-order chi connectivity index (χ1) is 13.2. The van der Waals surface area contributed by atoms with E-state index in [2.05, 4.69) is 4.90 Å². The van der Waals surface area contributed by atoms with Crippen LogP contribution in [0.5, 0.6) is 11.5 Å². The van der Waals surface area contributed by atoms with E-state index in [1.165, 1.54) is 0 Å². The van der Waals surface area contributed by atoms with E-state index in [-0.39, 0.29) is 6.10 Å². The fourth-order valence-corrected chi connectivity index (χ4v) is 4.78. The third-order valence-corrected chi connectivity index (χ3v) is 6.10. The average Bonchev–Trinajstić information content (AvgIpc) is 2.87. The third-order valence-electron chi connectivity index (χ3n) is 6.10. The lowest BCUT2D eigenvalue weighted by molar-refractivity contribution is -0.0240. The van der Waals surface area contributed by atoms with Crippen molar-refractivity contribution in [2.45, 2.75) is 25.0 Å². The molecule has 1 saturated carbocycles. The molecule has 27 heavy (non-hydrogen) atoms. The number of ether oxygens (including phenoxy) is 4. The van der Waals surface area contributed by atoms with Crippen LogP contribution >= 0.6 is 0 Å². The Labute approximate surface area is 161 Å². The highest BCUT2D eigenvalue weighted by molar-refractivity contribution is 5.39. The molecule has 3 fully saturated rings. The van der Waals surface area contributed by atoms with Crippen molar-refractivity contribution >= 4 is 0 Å². The Balaban J connectivity index is 1.34. The number of rotatable bonds is 5. The Kier molecular flexibility index (Phi) is 6.18. The lowest BCUT2D eigenvalue weighted by Gasteiger charge is -2.35. The molecule has 0 unspecified atom stereocenters. The fraction of sp³-hybridized carbons (Fsp3) is 0.714. The van der Waals surface area contributed by atoms with E-state index in [0.717, 1.165) is 45.7 Å². The van der Waals surface area contributed by atoms with Gasteiger partial charge < -0.3 is 29.0 Å². The van der Waals surface area contributed by atoms with Crippen LogP contribution in [-0.2, 0) is 9.47 Å². The summed E-state index contributed by atoms with van der Waals surface area (Å²) in [5.41, 5.74) is 0. The van der Waals surface area contributed by atoms with Crippen LogP contribution in [0.3, 0.4) is 0 Å². The summed E-state index contributed by atoms with van der Waals surface area (Å²) >= 11 is 0. The lowest BCUT2D eigenvalue weighted by Crippen LogP contribution is -2.42. The molecule has 0 amide bonds. The Morgan fingerprint density at radius 1 is 1.04 bits per heavy atom. The van der Waals surface area contributed by atoms with Crippen molar-refractivity contribution < 1.29 is 24.1 Å². The van der Waals surface area contributed by atoms with Gasteiger partial charge in [0.15, 0.2) is 11.5 Å². The molecule has 150 valence electrons. The summed E-state index contributed by atoms with van der Waals surface area (Å²) < 4.78 is 22.8. The Morgan fingerprint density at radius 2 is 1.70 bits per heavy atom. The summed E-state index contributed by atoms with van der Waals surface area (Å²) in [6, 6.07) is 7.66. The van der Waals surface area contributed by atoms with Crippen molar-refractivity contribution in [3.63, 3.8) is 0 Å². The van der Waals surface area contributed by atoms with Gasteiger partial charge in [-0.3, -0.25) is 0 Å². The van der Waals surface area contributed by atoms with E-state index in [1.54, 1.807) is 7.11 Å². The molecule has 0 spiro atoms. The number of aliphatic hydroxyl groups is 1. The van der Waals surface area contributed by atoms with Crippen LogP contribution < -0.4 is 9.47 Å². The molecular weight excluding hydrogens is 346 g/mol. The lowest BCUT2D eigenvalue weighted by atomic mass is 9.78. The van der Waals surface area contributed by atoms with Crippen LogP contribution in [0.1, 0.15) is 12.8 Å². The van der Waals surface area contributed by atoms with Crippen LogP contribution in [0.15, 0.2) is 24.3 Å². The minimum atomic E-state index is -0.430. The molecule has 0 radical (unpaired) electrons. The molecule has 6 nitrogen and oxygen atoms in total. The molecule has 2 heterocycles. The van der Waals surface area contributed by atoms with Crippen LogP contribution in [0, 0.1) is 17.8 Å². The number of aliphatic hydroxyl groups excluding tert-OH is 1. The van der Waals surface area contributed by atoms with Gasteiger partial charge in [-0.05, 0) is 36.8 Å². The van der Waals surface area contributed by atoms with E-state index >= 15 is 0 Å². The summed E-state index contributed by atoms with van der Waals surface area (Å²) in [5.74, 6) is 2.99. The predicted molar refractivity (Wildman–Crippen MR) is 101 cm³/mol. The van der Waals surface area contributed by atoms with E-state index in [1.807, 2.05) is 24.3 Å². The number of nitrogens with zero attached hydrogens (tertiary/aromatic N) is 1. The third kappa shape index (κ3) is 4.57. The van der Waals surface area contributed by atoms with E-state index in [9.17, 15) is 5.11 Å². The van der Waals surface area contributed by atoms with Gasteiger partial charge in [-0.15, -0.1) is 0 Å². The zero-order valence-corrected chi connectivity index (χ0v) is 16.1. The maximum Gasteiger partial charge on any atom is 0.161 e. The summed E-state index contributed by atoms with van der Waals surface area (Å²) in [6.45, 7) is 6.12. The Hall–Kier alpha value is -1.34. The SMILES string of the molecule is COc1ccccc1O[C@@H]1C[C@@H]2CN(CC3COCCOC3)C[C@@H]2C[C@H]1O. The molecule has 2 saturated heterocycles. The topological polar surface area (TPSA) is 60.4 Å². The smallest absolute Gasteiger partial charge is 0.161 e. The summed E-state index contributed by atoms with van der Waals surface area (Å²) in [4.78, 5) is 2.52. The van der Waals surface area contributed by atoms with Gasteiger partial charge in [0.2, 0.25) is 0 Å². The molecular formula is C21H31NO5. The van der Waals surface area contributed by atoms with Gasteiger partial charge in [0, 0.05) is 25.6 Å². The fourth-order valence-electron chi connectivity index (χ4n) is 4.78. The van der Waals surface area contributed by atoms with Crippen LogP contribution in [0.25, 0.3) is 0 Å². The van der Waals surface area contributed by atoms with Gasteiger partial charge in [0.05, 0.1) is 39.6 Å². The van der Waals surface area contributed by atoms with Crippen LogP contribution in [0.4, 0.5) is 0 Å². The monoisotopic (exact) mass is 377 g/mol. The maximum atomic E-state index is 10.7. The number of likely N-dealkylation sites (tertiary alicyclic amines) is 1. The number of hydrogen-bond donors (Lipinski definition) is 1. The van der Waals surface area contributed by atoms with Crippen molar-refractivity contribution in [2.24, 2.45) is 17.8 Å². The molecule has 4 atom stereocenters. The van der Waals surface area contributed by atoms with Crippen LogP contribution in [0.2, 0.25) is 0 Å². The van der Waals surface area contributed by atoms with Crippen molar-refractivity contribution in [1.29, 1.82) is 0 Å². The Bertz CT molecular complexity index is 604. The molecule has 6 heteroatoms. The van der Waals surface area contributed by atoms with Crippen molar-refractivity contribution in [1.82, 2.24) is 4.90 Å². The van der Waals surface area contributed by atoms with Gasteiger partial charge >= 0.3 is 0 Å². The van der Waals surface area contributed by atoms with Gasteiger partial charge in [-0.2, -0.15) is 0 Å². The molecule has 3 aliphatic rings. The highest BCUT2D eigenvalue weighted by atomic mass is 16.5. The number of fused-ring (bicyclic) bond motifs is 1. The van der Waals surface area contributed by atoms with Crippen molar-refractivity contribution in [3.8, 4) is 11.5 Å². The van der Waals surface area contributed by atoms with Gasteiger partial charge in [0.25, 0.3) is 0 Å². The largest absolute Gasteiger partial charge is 0.493 e. The molecule has 1 aromatic carbocycles. The minimum absolute atomic E-state index is 0.174. The highest BCUT2D eigenvalue weighted by Gasteiger charge is 2.43. The minimum Gasteiger partial charge on any atom is -0.493 e. The van der Waals surface area contributed by atoms with E-state index in [4.69, 9.17) is 18.9 Å². The highest BCUT2D eigenvalue weighted by Crippen LogP contribution is 2.39. The van der Waals surface area contributed by atoms with E-state index in [0.29, 0.717) is 42.5 Å². The number of benzene rings is 1. The van der Waals surface area contributed by atoms with Crippen molar-refractivity contribution in [3.05, 3.63) is 24.3 Å². The summed E-state index contributed by atoms with van der Waals surface area (Å²) in [7, 11) is 1.64. The second-order valence-electron chi connectivity index (χ2n) is 8.10. The molecule has 1 aliphatic carbocycles. The van der Waals surface area contributed by atoms with Gasteiger partial charge in [-0.25, -0.2) is 0 Å². The molecule has 1 aromatic rings. The maximum absolute atomic E-state index is 10.7. The number of hydrogen-bond acceptors (Lipinski definition) is 6. The average molecular weight is 377 g/mol. The zero-order valence-electron chi connectivity index (χ0n) is 16.1. The van der Waals surface area contributed by atoms with Crippen molar-refractivity contribution in [2.75, 3.05) is 53.2 Å². The number of para-hydroxylation sites is 2. The summed E-state index contributed by atoms with van der Waals surface area (Å²) in [5, 5.41) is 10.7. The second kappa shape index (κ2) is 8.78. The van der Waals surface area contributed by atoms with Crippen LogP contribution in [-0.4, -0.2) is 75.4 Å². The Morgan fingerprint density at radius 3 is 2.41 bits per heavy atom. The standard InChI is InChI=1S/C21H31NO5/c1-24-19-4-2-3-5-20(19)27-21-9-17-12-22(11-16(17)8-18(21)23)10-15-13-25-6-7-26-14-15/h2-5,15-18,21,23H,6-14H2,1H3/t16-,17+,18+,21+/m0/s1. The molecule has 1 N–H and O–H groups in total. The van der Waals surface area contributed by atoms with Gasteiger partial charge in [0.1, 0.15) is 6.10 Å². The normalized spacial score (nSPS) is 32.7. The second-order valence-corrected chi connectivity index (χ2v) is 8.10. The molecule has 2 aliphatic heterocycles. The summed E-state index contributed by atoms with van der Waals surface area (Å²) in [6.07, 6.45) is 1.09.